The molecule has 1 fully saturated rings. The molecule has 0 spiro atoms. The van der Waals surface area contributed by atoms with E-state index in [-0.39, 0.29) is 6.04 Å². The number of halogens is 1. The van der Waals surface area contributed by atoms with E-state index in [0.717, 1.165) is 11.0 Å². The van der Waals surface area contributed by atoms with Crippen molar-refractivity contribution in [1.82, 2.24) is 9.55 Å². The molecule has 0 saturated heterocycles. The maximum Gasteiger partial charge on any atom is 0.203 e. The minimum absolute atomic E-state index is 0.217. The summed E-state index contributed by atoms with van der Waals surface area (Å²) in [6.45, 7) is 2.15. The molecule has 1 heterocycles. The van der Waals surface area contributed by atoms with E-state index in [4.69, 9.17) is 11.6 Å². The Morgan fingerprint density at radius 1 is 1.25 bits per heavy atom. The topological polar surface area (TPSA) is 29.9 Å². The molecule has 3 nitrogen and oxygen atoms in total. The van der Waals surface area contributed by atoms with Gasteiger partial charge in [-0.2, -0.15) is 0 Å². The summed E-state index contributed by atoms with van der Waals surface area (Å²) in [7, 11) is 0. The van der Waals surface area contributed by atoms with Gasteiger partial charge in [0.1, 0.15) is 0 Å². The molecule has 1 unspecified atom stereocenters. The minimum atomic E-state index is 0.217. The zero-order valence-corrected chi connectivity index (χ0v) is 12.5. The fourth-order valence-electron chi connectivity index (χ4n) is 2.93. The first-order valence-corrected chi connectivity index (χ1v) is 7.66. The summed E-state index contributed by atoms with van der Waals surface area (Å²) in [6, 6.07) is 8.80. The molecule has 1 atom stereocenters. The molecule has 1 N–H and O–H groups in total. The average molecular weight is 290 g/mol. The Kier molecular flexibility index (Phi) is 3.97. The van der Waals surface area contributed by atoms with E-state index in [1.807, 2.05) is 18.3 Å². The molecule has 106 valence electrons. The van der Waals surface area contributed by atoms with Gasteiger partial charge in [-0.05, 0) is 37.5 Å². The highest BCUT2D eigenvalue weighted by Crippen LogP contribution is 2.32. The quantitative estimate of drug-likeness (QED) is 0.874. The number of hydrogen-bond acceptors (Lipinski definition) is 2. The first kappa shape index (κ1) is 13.5. The molecular weight excluding hydrogens is 270 g/mol. The number of imidazole rings is 1. The second kappa shape index (κ2) is 5.88. The molecule has 1 aliphatic carbocycles. The van der Waals surface area contributed by atoms with Crippen molar-refractivity contribution < 1.29 is 0 Å². The number of hydrogen-bond donors (Lipinski definition) is 1. The summed E-state index contributed by atoms with van der Waals surface area (Å²) in [4.78, 5) is 4.47. The van der Waals surface area contributed by atoms with Crippen molar-refractivity contribution in [3.8, 4) is 0 Å². The molecule has 0 aliphatic heterocycles. The van der Waals surface area contributed by atoms with E-state index in [0.29, 0.717) is 6.04 Å². The van der Waals surface area contributed by atoms with Gasteiger partial charge in [-0.1, -0.05) is 36.6 Å². The largest absolute Gasteiger partial charge is 0.349 e. The summed E-state index contributed by atoms with van der Waals surface area (Å²) < 4.78 is 2.29. The molecule has 2 aromatic rings. The number of aromatic nitrogens is 2. The fraction of sp³-hybridized carbons (Fsp3) is 0.438. The molecule has 3 rings (SSSR count). The van der Waals surface area contributed by atoms with Gasteiger partial charge in [-0.15, -0.1) is 0 Å². The Balaban J connectivity index is 1.74. The fourth-order valence-corrected chi connectivity index (χ4v) is 3.06. The van der Waals surface area contributed by atoms with Crippen LogP contribution in [0.1, 0.15) is 50.3 Å². The molecule has 0 radical (unpaired) electrons. The van der Waals surface area contributed by atoms with Crippen LogP contribution in [0.25, 0.3) is 0 Å². The van der Waals surface area contributed by atoms with Gasteiger partial charge in [0.05, 0.1) is 6.04 Å². The monoisotopic (exact) mass is 289 g/mol. The second-order valence-corrected chi connectivity index (χ2v) is 5.95. The van der Waals surface area contributed by atoms with Gasteiger partial charge in [-0.3, -0.25) is 0 Å². The average Bonchev–Trinajstić information content (AvgIpc) is 3.09. The van der Waals surface area contributed by atoms with Gasteiger partial charge in [0.15, 0.2) is 0 Å². The number of anilines is 1. The smallest absolute Gasteiger partial charge is 0.203 e. The number of rotatable bonds is 4. The summed E-state index contributed by atoms with van der Waals surface area (Å²) >= 11 is 5.93. The van der Waals surface area contributed by atoms with Crippen LogP contribution in [0.5, 0.6) is 0 Å². The molecule has 1 saturated carbocycles. The third-order valence-electron chi connectivity index (χ3n) is 4.10. The van der Waals surface area contributed by atoms with E-state index in [9.17, 15) is 0 Å². The van der Waals surface area contributed by atoms with Crippen LogP contribution >= 0.6 is 11.6 Å². The first-order chi connectivity index (χ1) is 9.74. The lowest BCUT2D eigenvalue weighted by Gasteiger charge is -2.19. The Labute approximate surface area is 125 Å². The Morgan fingerprint density at radius 2 is 1.95 bits per heavy atom. The summed E-state index contributed by atoms with van der Waals surface area (Å²) in [6.07, 6.45) is 9.16. The molecule has 0 amide bonds. The molecule has 1 aliphatic rings. The highest BCUT2D eigenvalue weighted by molar-refractivity contribution is 6.30. The van der Waals surface area contributed by atoms with Gasteiger partial charge in [0.2, 0.25) is 5.95 Å². The van der Waals surface area contributed by atoms with Gasteiger partial charge >= 0.3 is 0 Å². The normalized spacial score (nSPS) is 17.3. The van der Waals surface area contributed by atoms with Crippen LogP contribution in [-0.4, -0.2) is 9.55 Å². The zero-order valence-electron chi connectivity index (χ0n) is 11.7. The van der Waals surface area contributed by atoms with Gasteiger partial charge < -0.3 is 9.88 Å². The van der Waals surface area contributed by atoms with Gasteiger partial charge in [0.25, 0.3) is 0 Å². The molecule has 1 aromatic heterocycles. The first-order valence-electron chi connectivity index (χ1n) is 7.29. The number of benzene rings is 1. The molecule has 4 heteroatoms. The summed E-state index contributed by atoms with van der Waals surface area (Å²) in [5, 5.41) is 4.28. The Hall–Kier alpha value is -1.48. The van der Waals surface area contributed by atoms with E-state index in [1.165, 1.54) is 31.2 Å². The van der Waals surface area contributed by atoms with Crippen molar-refractivity contribution in [3.63, 3.8) is 0 Å². The van der Waals surface area contributed by atoms with Crippen LogP contribution in [0.3, 0.4) is 0 Å². The maximum absolute atomic E-state index is 5.93. The maximum atomic E-state index is 5.93. The zero-order chi connectivity index (χ0) is 13.9. The van der Waals surface area contributed by atoms with Gasteiger partial charge in [0, 0.05) is 23.5 Å². The molecular formula is C16H20ClN3. The molecule has 20 heavy (non-hydrogen) atoms. The third-order valence-corrected chi connectivity index (χ3v) is 4.35. The molecule has 0 bridgehead atoms. The Morgan fingerprint density at radius 3 is 2.65 bits per heavy atom. The highest BCUT2D eigenvalue weighted by atomic mass is 35.5. The van der Waals surface area contributed by atoms with Crippen molar-refractivity contribution in [2.75, 3.05) is 5.32 Å². The van der Waals surface area contributed by atoms with Crippen LogP contribution in [0.4, 0.5) is 5.95 Å². The lowest BCUT2D eigenvalue weighted by molar-refractivity contribution is 0.521. The standard InChI is InChI=1S/C16H20ClN3/c1-12(13-6-8-14(17)9-7-13)19-16-18-10-11-20(16)15-4-2-3-5-15/h6-12,15H,2-5H2,1H3,(H,18,19). The highest BCUT2D eigenvalue weighted by Gasteiger charge is 2.20. The minimum Gasteiger partial charge on any atom is -0.349 e. The van der Waals surface area contributed by atoms with Crippen LogP contribution < -0.4 is 5.32 Å². The number of nitrogens with zero attached hydrogens (tertiary/aromatic N) is 2. The van der Waals surface area contributed by atoms with Crippen LogP contribution in [0.15, 0.2) is 36.7 Å². The van der Waals surface area contributed by atoms with Crippen molar-refractivity contribution in [3.05, 3.63) is 47.2 Å². The lowest BCUT2D eigenvalue weighted by Crippen LogP contribution is -2.14. The summed E-state index contributed by atoms with van der Waals surface area (Å²) in [5.74, 6) is 0.972. The lowest BCUT2D eigenvalue weighted by atomic mass is 10.1. The number of nitrogens with one attached hydrogen (secondary N) is 1. The van der Waals surface area contributed by atoms with Crippen molar-refractivity contribution in [2.24, 2.45) is 0 Å². The molecule has 1 aromatic carbocycles. The predicted molar refractivity (Wildman–Crippen MR) is 83.2 cm³/mol. The predicted octanol–water partition coefficient (Wildman–Crippen LogP) is 4.82. The van der Waals surface area contributed by atoms with E-state index < -0.39 is 0 Å². The van der Waals surface area contributed by atoms with E-state index >= 15 is 0 Å². The second-order valence-electron chi connectivity index (χ2n) is 5.51. The summed E-state index contributed by atoms with van der Waals surface area (Å²) in [5.41, 5.74) is 1.22. The van der Waals surface area contributed by atoms with Crippen LogP contribution in [0.2, 0.25) is 5.02 Å². The van der Waals surface area contributed by atoms with Crippen LogP contribution in [0, 0.1) is 0 Å². The van der Waals surface area contributed by atoms with E-state index in [1.54, 1.807) is 0 Å². The Bertz CT molecular complexity index is 555. The van der Waals surface area contributed by atoms with Gasteiger partial charge in [-0.25, -0.2) is 4.98 Å². The van der Waals surface area contributed by atoms with E-state index in [2.05, 4.69) is 40.1 Å². The van der Waals surface area contributed by atoms with Crippen molar-refractivity contribution >= 4 is 17.5 Å². The van der Waals surface area contributed by atoms with Crippen molar-refractivity contribution in [2.45, 2.75) is 44.7 Å². The van der Waals surface area contributed by atoms with Crippen molar-refractivity contribution in [1.29, 1.82) is 0 Å². The van der Waals surface area contributed by atoms with Crippen LogP contribution in [-0.2, 0) is 0 Å². The third kappa shape index (κ3) is 2.83. The SMILES string of the molecule is CC(Nc1nccn1C1CCCC1)c1ccc(Cl)cc1.